The maximum atomic E-state index is 10.3. The molecule has 13 heavy (non-hydrogen) atoms. The second kappa shape index (κ2) is 4.62. The Kier molecular flexibility index (Phi) is 3.74. The highest BCUT2D eigenvalue weighted by Crippen LogP contribution is 2.19. The van der Waals surface area contributed by atoms with Gasteiger partial charge in [-0.2, -0.15) is 0 Å². The lowest BCUT2D eigenvalue weighted by atomic mass is 10.2. The van der Waals surface area contributed by atoms with Crippen LogP contribution in [0.1, 0.15) is 5.56 Å². The molecule has 0 fully saturated rings. The zero-order valence-corrected chi connectivity index (χ0v) is 9.41. The van der Waals surface area contributed by atoms with Crippen molar-refractivity contribution in [2.75, 3.05) is 0 Å². The molecule has 68 valence electrons. The SMILES string of the molecule is O=C(O)/C=C(/Cl)c1ccc(I)cc1. The van der Waals surface area contributed by atoms with Gasteiger partial charge in [0.15, 0.2) is 0 Å². The lowest BCUT2D eigenvalue weighted by Gasteiger charge is -1.97. The van der Waals surface area contributed by atoms with Crippen LogP contribution in [0.15, 0.2) is 30.3 Å². The number of benzene rings is 1. The molecular formula is C9H6ClIO2. The molecule has 0 aromatic heterocycles. The van der Waals surface area contributed by atoms with E-state index in [1.165, 1.54) is 0 Å². The predicted molar refractivity (Wildman–Crippen MR) is 60.6 cm³/mol. The Labute approximate surface area is 94.4 Å². The quantitative estimate of drug-likeness (QED) is 0.674. The van der Waals surface area contributed by atoms with Gasteiger partial charge in [0.1, 0.15) is 0 Å². The smallest absolute Gasteiger partial charge is 0.329 e. The van der Waals surface area contributed by atoms with Gasteiger partial charge >= 0.3 is 5.97 Å². The summed E-state index contributed by atoms with van der Waals surface area (Å²) >= 11 is 7.90. The zero-order chi connectivity index (χ0) is 9.84. The van der Waals surface area contributed by atoms with Gasteiger partial charge < -0.3 is 5.11 Å². The zero-order valence-electron chi connectivity index (χ0n) is 6.50. The van der Waals surface area contributed by atoms with Crippen LogP contribution in [0, 0.1) is 3.57 Å². The Morgan fingerprint density at radius 1 is 1.38 bits per heavy atom. The van der Waals surface area contributed by atoms with E-state index in [-0.39, 0.29) is 5.03 Å². The van der Waals surface area contributed by atoms with Crippen molar-refractivity contribution in [2.45, 2.75) is 0 Å². The molecule has 4 heteroatoms. The summed E-state index contributed by atoms with van der Waals surface area (Å²) in [5.74, 6) is -1.04. The Balaban J connectivity index is 2.96. The van der Waals surface area contributed by atoms with E-state index in [1.807, 2.05) is 12.1 Å². The highest BCUT2D eigenvalue weighted by Gasteiger charge is 1.99. The Hall–Kier alpha value is -0.550. The predicted octanol–water partition coefficient (Wildman–Crippen LogP) is 2.96. The molecule has 1 rings (SSSR count). The van der Waals surface area contributed by atoms with Crippen molar-refractivity contribution in [3.8, 4) is 0 Å². The van der Waals surface area contributed by atoms with E-state index in [4.69, 9.17) is 16.7 Å². The molecule has 0 spiro atoms. The fourth-order valence-corrected chi connectivity index (χ4v) is 1.38. The maximum absolute atomic E-state index is 10.3. The van der Waals surface area contributed by atoms with Crippen LogP contribution >= 0.6 is 34.2 Å². The number of carboxylic acids is 1. The molecule has 0 aliphatic heterocycles. The first kappa shape index (κ1) is 10.5. The van der Waals surface area contributed by atoms with Gasteiger partial charge in [0.25, 0.3) is 0 Å². The number of carboxylic acid groups (broad SMARTS) is 1. The van der Waals surface area contributed by atoms with Crippen LogP contribution in [-0.4, -0.2) is 11.1 Å². The normalized spacial score (nSPS) is 11.4. The summed E-state index contributed by atoms with van der Waals surface area (Å²) in [5.41, 5.74) is 0.712. The summed E-state index contributed by atoms with van der Waals surface area (Å²) in [6.07, 6.45) is 0.976. The van der Waals surface area contributed by atoms with Crippen molar-refractivity contribution in [3.05, 3.63) is 39.5 Å². The maximum Gasteiger partial charge on any atom is 0.329 e. The minimum absolute atomic E-state index is 0.240. The number of rotatable bonds is 2. The van der Waals surface area contributed by atoms with Crippen molar-refractivity contribution < 1.29 is 9.90 Å². The van der Waals surface area contributed by atoms with Crippen molar-refractivity contribution >= 4 is 45.2 Å². The van der Waals surface area contributed by atoms with Crippen LogP contribution in [0.3, 0.4) is 0 Å². The van der Waals surface area contributed by atoms with Gasteiger partial charge in [0.05, 0.1) is 5.03 Å². The monoisotopic (exact) mass is 308 g/mol. The molecule has 0 unspecified atom stereocenters. The largest absolute Gasteiger partial charge is 0.478 e. The minimum Gasteiger partial charge on any atom is -0.478 e. The van der Waals surface area contributed by atoms with Crippen molar-refractivity contribution in [3.63, 3.8) is 0 Å². The number of aliphatic carboxylic acids is 1. The fourth-order valence-electron chi connectivity index (χ4n) is 0.801. The summed E-state index contributed by atoms with van der Waals surface area (Å²) in [4.78, 5) is 10.3. The second-order valence-corrected chi connectivity index (χ2v) is 3.99. The lowest BCUT2D eigenvalue weighted by molar-refractivity contribution is -0.131. The first-order valence-corrected chi connectivity index (χ1v) is 4.91. The third-order valence-corrected chi connectivity index (χ3v) is 2.42. The molecule has 1 aromatic carbocycles. The van der Waals surface area contributed by atoms with E-state index in [0.29, 0.717) is 5.56 Å². The fraction of sp³-hybridized carbons (Fsp3) is 0. The minimum atomic E-state index is -1.04. The molecule has 0 aliphatic carbocycles. The van der Waals surface area contributed by atoms with E-state index in [9.17, 15) is 4.79 Å². The highest BCUT2D eigenvalue weighted by molar-refractivity contribution is 14.1. The summed E-state index contributed by atoms with van der Waals surface area (Å²) in [6, 6.07) is 7.30. The second-order valence-electron chi connectivity index (χ2n) is 2.34. The molecule has 1 N–H and O–H groups in total. The Morgan fingerprint density at radius 3 is 2.38 bits per heavy atom. The van der Waals surface area contributed by atoms with Crippen LogP contribution in [-0.2, 0) is 4.79 Å². The first-order valence-electron chi connectivity index (χ1n) is 3.45. The van der Waals surface area contributed by atoms with Crippen LogP contribution < -0.4 is 0 Å². The van der Waals surface area contributed by atoms with Gasteiger partial charge in [-0.3, -0.25) is 0 Å². The van der Waals surface area contributed by atoms with Crippen molar-refractivity contribution in [2.24, 2.45) is 0 Å². The van der Waals surface area contributed by atoms with E-state index >= 15 is 0 Å². The summed E-state index contributed by atoms with van der Waals surface area (Å²) in [6.45, 7) is 0. The molecule has 0 heterocycles. The third kappa shape index (κ3) is 3.36. The van der Waals surface area contributed by atoms with Crippen molar-refractivity contribution in [1.29, 1.82) is 0 Å². The van der Waals surface area contributed by atoms with Crippen LogP contribution in [0.2, 0.25) is 0 Å². The average molecular weight is 309 g/mol. The first-order chi connectivity index (χ1) is 6.09. The number of hydrogen-bond donors (Lipinski definition) is 1. The molecule has 1 aromatic rings. The number of hydrogen-bond acceptors (Lipinski definition) is 1. The van der Waals surface area contributed by atoms with Gasteiger partial charge in [-0.1, -0.05) is 23.7 Å². The summed E-state index contributed by atoms with van der Waals surface area (Å²) in [7, 11) is 0. The Morgan fingerprint density at radius 2 is 1.92 bits per heavy atom. The highest BCUT2D eigenvalue weighted by atomic mass is 127. The van der Waals surface area contributed by atoms with E-state index in [0.717, 1.165) is 9.65 Å². The summed E-state index contributed by atoms with van der Waals surface area (Å²) < 4.78 is 1.08. The topological polar surface area (TPSA) is 37.3 Å². The summed E-state index contributed by atoms with van der Waals surface area (Å²) in [5, 5.41) is 8.68. The average Bonchev–Trinajstić information content (AvgIpc) is 2.04. The lowest BCUT2D eigenvalue weighted by Crippen LogP contribution is -1.88. The number of halogens is 2. The van der Waals surface area contributed by atoms with Crippen LogP contribution in [0.5, 0.6) is 0 Å². The van der Waals surface area contributed by atoms with Gasteiger partial charge in [0, 0.05) is 9.65 Å². The van der Waals surface area contributed by atoms with Crippen molar-refractivity contribution in [1.82, 2.24) is 0 Å². The third-order valence-electron chi connectivity index (χ3n) is 1.37. The Bertz CT molecular complexity index is 343. The van der Waals surface area contributed by atoms with E-state index < -0.39 is 5.97 Å². The van der Waals surface area contributed by atoms with Gasteiger partial charge in [-0.25, -0.2) is 4.79 Å². The van der Waals surface area contributed by atoms with Gasteiger partial charge in [-0.15, -0.1) is 0 Å². The molecule has 0 saturated carbocycles. The molecule has 2 nitrogen and oxygen atoms in total. The molecule has 0 bridgehead atoms. The molecule has 0 aliphatic rings. The molecule has 0 atom stereocenters. The molecular weight excluding hydrogens is 302 g/mol. The van der Waals surface area contributed by atoms with E-state index in [2.05, 4.69) is 22.6 Å². The van der Waals surface area contributed by atoms with Crippen LogP contribution in [0.25, 0.3) is 5.03 Å². The molecule has 0 amide bonds. The molecule has 0 saturated heterocycles. The van der Waals surface area contributed by atoms with Gasteiger partial charge in [0.2, 0.25) is 0 Å². The van der Waals surface area contributed by atoms with E-state index in [1.54, 1.807) is 12.1 Å². The molecule has 0 radical (unpaired) electrons. The van der Waals surface area contributed by atoms with Crippen LogP contribution in [0.4, 0.5) is 0 Å². The number of carbonyl (C=O) groups is 1. The van der Waals surface area contributed by atoms with Gasteiger partial charge in [-0.05, 0) is 40.3 Å². The standard InChI is InChI=1S/C9H6ClIO2/c10-8(5-9(12)13)6-1-3-7(11)4-2-6/h1-5H,(H,12,13)/b8-5+.